The molecule has 0 unspecified atom stereocenters. The second-order valence-corrected chi connectivity index (χ2v) is 9.88. The summed E-state index contributed by atoms with van der Waals surface area (Å²) in [6, 6.07) is 20.6. The van der Waals surface area contributed by atoms with Crippen molar-refractivity contribution < 1.29 is 4.32 Å². The van der Waals surface area contributed by atoms with Crippen molar-refractivity contribution in [1.29, 1.82) is 0 Å². The molecule has 0 saturated carbocycles. The Morgan fingerprint density at radius 1 is 0.677 bits per heavy atom. The van der Waals surface area contributed by atoms with Gasteiger partial charge in [0.05, 0.1) is 5.69 Å². The number of nitrogens with zero attached hydrogens (tertiary/aromatic N) is 2. The highest BCUT2D eigenvalue weighted by Gasteiger charge is 2.46. The molecular formula is C27H38BFN2. The van der Waals surface area contributed by atoms with E-state index in [1.165, 1.54) is 0 Å². The Bertz CT molecular complexity index is 955. The third kappa shape index (κ3) is 4.22. The molecule has 3 aromatic rings. The van der Waals surface area contributed by atoms with E-state index in [-0.39, 0.29) is 24.2 Å². The smallest absolute Gasteiger partial charge is 0.243 e. The third-order valence-electron chi connectivity index (χ3n) is 6.33. The second kappa shape index (κ2) is 9.02. The van der Waals surface area contributed by atoms with Crippen molar-refractivity contribution in [2.24, 2.45) is 0 Å². The average Bonchev–Trinajstić information content (AvgIpc) is 3.41. The average molecular weight is 420 g/mol. The minimum absolute atomic E-state index is 0.287. The molecule has 166 valence electrons. The first-order chi connectivity index (χ1) is 14.6. The van der Waals surface area contributed by atoms with Crippen molar-refractivity contribution in [2.45, 2.75) is 79.6 Å². The van der Waals surface area contributed by atoms with E-state index < -0.39 is 6.42 Å². The van der Waals surface area contributed by atoms with Crippen LogP contribution >= 0.6 is 0 Å². The van der Waals surface area contributed by atoms with Gasteiger partial charge in [-0.2, -0.15) is 10.9 Å². The summed E-state index contributed by atoms with van der Waals surface area (Å²) >= 11 is 0. The van der Waals surface area contributed by atoms with Gasteiger partial charge in [-0.25, -0.2) is 4.58 Å². The summed E-state index contributed by atoms with van der Waals surface area (Å²) < 4.78 is 20.0. The molecule has 3 rings (SSSR count). The molecule has 0 N–H and O–H groups in total. The highest BCUT2D eigenvalue weighted by molar-refractivity contribution is 7.08. The Morgan fingerprint density at radius 3 is 1.39 bits per heavy atom. The van der Waals surface area contributed by atoms with Gasteiger partial charge in [0.1, 0.15) is 12.1 Å². The van der Waals surface area contributed by atoms with Crippen molar-refractivity contribution in [3.8, 4) is 0 Å². The fraction of sp³-hybridized carbons (Fsp3) is 0.444. The third-order valence-corrected chi connectivity index (χ3v) is 6.33. The molecule has 0 saturated heterocycles. The minimum Gasteiger partial charge on any atom is -0.498 e. The Balaban J connectivity index is 2.42. The zero-order valence-corrected chi connectivity index (χ0v) is 20.4. The summed E-state index contributed by atoms with van der Waals surface area (Å²) in [6.07, 6.45) is -2.57. The maximum Gasteiger partial charge on any atom is 0.243 e. The molecule has 0 aliphatic carbocycles. The van der Waals surface area contributed by atoms with E-state index in [1.807, 2.05) is 60.7 Å². The molecule has 2 nitrogen and oxygen atoms in total. The number of anilines is 1. The van der Waals surface area contributed by atoms with Gasteiger partial charge in [0.25, 0.3) is 0 Å². The topological polar surface area (TPSA) is 6.25 Å². The summed E-state index contributed by atoms with van der Waals surface area (Å²) in [4.78, 5) is 2.39. The van der Waals surface area contributed by atoms with E-state index in [1.54, 1.807) is 0 Å². The molecule has 0 spiro atoms. The van der Waals surface area contributed by atoms with Crippen LogP contribution in [0.2, 0.25) is 0 Å². The maximum absolute atomic E-state index is 17.6. The summed E-state index contributed by atoms with van der Waals surface area (Å²) in [5.74, 6) is 0. The highest BCUT2D eigenvalue weighted by Crippen LogP contribution is 2.24. The lowest BCUT2D eigenvalue weighted by Crippen LogP contribution is -2.64. The van der Waals surface area contributed by atoms with Gasteiger partial charge in [0.15, 0.2) is 5.36 Å². The van der Waals surface area contributed by atoms with Gasteiger partial charge in [-0.3, -0.25) is 0 Å². The fourth-order valence-electron chi connectivity index (χ4n) is 5.27. The number of benzene rings is 2. The van der Waals surface area contributed by atoms with E-state index in [0.29, 0.717) is 0 Å². The number of halogens is 1. The summed E-state index contributed by atoms with van der Waals surface area (Å²) in [5.41, 5.74) is 3.47. The monoisotopic (exact) mass is 420 g/mol. The zero-order chi connectivity index (χ0) is 22.9. The number of hydrogen-bond donors (Lipinski definition) is 0. The van der Waals surface area contributed by atoms with Crippen LogP contribution in [0.25, 0.3) is 0 Å². The predicted molar refractivity (Wildman–Crippen MR) is 136 cm³/mol. The van der Waals surface area contributed by atoms with Gasteiger partial charge in [-0.15, -0.1) is 0 Å². The highest BCUT2D eigenvalue weighted by atomic mass is 19.1. The lowest BCUT2D eigenvalue weighted by Gasteiger charge is -2.34. The normalized spacial score (nSPS) is 12.5. The quantitative estimate of drug-likeness (QED) is 0.398. The molecule has 0 fully saturated rings. The molecule has 0 atom stereocenters. The first-order valence-electron chi connectivity index (χ1n) is 11.8. The number of rotatable bonds is 8. The van der Waals surface area contributed by atoms with Crippen molar-refractivity contribution in [1.82, 2.24) is 4.58 Å². The predicted octanol–water partition coefficient (Wildman–Crippen LogP) is 3.71. The molecule has 0 aromatic heterocycles. The molecule has 4 heteroatoms. The van der Waals surface area contributed by atoms with Gasteiger partial charge >= 0.3 is 0 Å². The Hall–Kier alpha value is -2.36. The van der Waals surface area contributed by atoms with Gasteiger partial charge in [-0.05, 0) is 55.4 Å². The van der Waals surface area contributed by atoms with Gasteiger partial charge in [0, 0.05) is 12.1 Å². The van der Waals surface area contributed by atoms with Gasteiger partial charge in [0.2, 0.25) is 6.42 Å². The first-order valence-corrected chi connectivity index (χ1v) is 11.8. The molecule has 0 amide bonds. The fourth-order valence-corrected chi connectivity index (χ4v) is 5.27. The summed E-state index contributed by atoms with van der Waals surface area (Å²) in [7, 11) is 0. The van der Waals surface area contributed by atoms with Crippen LogP contribution in [-0.2, 0) is 0 Å². The lowest BCUT2D eigenvalue weighted by molar-refractivity contribution is 0.429. The van der Waals surface area contributed by atoms with E-state index in [0.717, 1.165) is 27.4 Å². The lowest BCUT2D eigenvalue weighted by atomic mass is 9.33. The van der Waals surface area contributed by atoms with Crippen LogP contribution in [0.5, 0.6) is 0 Å². The van der Waals surface area contributed by atoms with Crippen molar-refractivity contribution in [3.63, 3.8) is 0 Å². The van der Waals surface area contributed by atoms with E-state index in [2.05, 4.69) is 64.9 Å². The van der Waals surface area contributed by atoms with Crippen molar-refractivity contribution in [3.05, 3.63) is 66.0 Å². The molecule has 0 radical (unpaired) electrons. The van der Waals surface area contributed by atoms with Crippen LogP contribution in [0.1, 0.15) is 55.4 Å². The molecule has 0 heterocycles. The molecule has 31 heavy (non-hydrogen) atoms. The Labute approximate surface area is 188 Å². The zero-order valence-electron chi connectivity index (χ0n) is 20.4. The SMILES string of the molecule is CC(C)N(c1c([B-](F)(c2ccccc2)c2ccccc2)c1=[N+](C(C)C)C(C)C)C(C)C. The Morgan fingerprint density at radius 2 is 1.06 bits per heavy atom. The van der Waals surface area contributed by atoms with E-state index in [4.69, 9.17) is 0 Å². The van der Waals surface area contributed by atoms with Crippen LogP contribution in [0.4, 0.5) is 10.0 Å². The van der Waals surface area contributed by atoms with Crippen LogP contribution in [-0.4, -0.2) is 30.6 Å². The van der Waals surface area contributed by atoms with Crippen LogP contribution in [0.3, 0.4) is 0 Å². The van der Waals surface area contributed by atoms with E-state index >= 15 is 4.32 Å². The molecule has 0 aliphatic heterocycles. The maximum atomic E-state index is 17.6. The Kier molecular flexibility index (Phi) is 6.78. The second-order valence-electron chi connectivity index (χ2n) is 9.88. The van der Waals surface area contributed by atoms with Crippen molar-refractivity contribution in [2.75, 3.05) is 4.90 Å². The van der Waals surface area contributed by atoms with Crippen LogP contribution in [0.15, 0.2) is 60.7 Å². The van der Waals surface area contributed by atoms with E-state index in [9.17, 15) is 0 Å². The number of hydrogen-bond acceptors (Lipinski definition) is 1. The standard InChI is InChI=1S/C27H38BFN2/c1-19(2)30(20(3)4)26-25(27(26)31(21(5)6)22(7)8)28(29,23-15-11-9-12-16-23)24-17-13-10-14-18-24/h9-22H,1-8H3. The van der Waals surface area contributed by atoms with Gasteiger partial charge < -0.3 is 9.22 Å². The molecule has 0 bridgehead atoms. The molecule has 0 aliphatic rings. The summed E-state index contributed by atoms with van der Waals surface area (Å²) in [5, 5.41) is 1.10. The molecule has 3 aromatic carbocycles. The van der Waals surface area contributed by atoms with Crippen molar-refractivity contribution >= 4 is 28.5 Å². The van der Waals surface area contributed by atoms with Gasteiger partial charge in [-0.1, -0.05) is 66.1 Å². The summed E-state index contributed by atoms with van der Waals surface area (Å²) in [6.45, 7) is 17.6. The molecular weight excluding hydrogens is 382 g/mol. The van der Waals surface area contributed by atoms with Crippen LogP contribution < -0.4 is 31.2 Å². The van der Waals surface area contributed by atoms with Crippen LogP contribution in [0, 0.1) is 0 Å². The minimum atomic E-state index is -2.57. The largest absolute Gasteiger partial charge is 0.498 e. The first kappa shape index (κ1) is 23.3.